The van der Waals surface area contributed by atoms with Crippen LogP contribution in [0.25, 0.3) is 5.70 Å². The maximum Gasteiger partial charge on any atom is 0.141 e. The maximum atomic E-state index is 13.1. The van der Waals surface area contributed by atoms with E-state index in [1.54, 1.807) is 12.4 Å². The first-order valence-electron chi connectivity index (χ1n) is 15.9. The average molecular weight is 590 g/mol. The van der Waals surface area contributed by atoms with Crippen molar-refractivity contribution in [1.82, 2.24) is 25.9 Å². The average Bonchev–Trinajstić information content (AvgIpc) is 3.80. The molecule has 1 fully saturated rings. The summed E-state index contributed by atoms with van der Waals surface area (Å²) in [7, 11) is 1.97. The number of aromatic nitrogens is 2. The summed E-state index contributed by atoms with van der Waals surface area (Å²) >= 11 is 0. The van der Waals surface area contributed by atoms with Crippen LogP contribution >= 0.6 is 0 Å². The molecule has 0 aromatic carbocycles. The maximum absolute atomic E-state index is 13.1. The van der Waals surface area contributed by atoms with E-state index in [0.29, 0.717) is 30.3 Å². The van der Waals surface area contributed by atoms with Crippen molar-refractivity contribution in [2.24, 2.45) is 11.3 Å². The number of hydrazine groups is 2. The van der Waals surface area contributed by atoms with Crippen molar-refractivity contribution in [3.63, 3.8) is 0 Å². The number of aliphatic hydroxyl groups is 1. The fourth-order valence-electron chi connectivity index (χ4n) is 5.47. The van der Waals surface area contributed by atoms with Gasteiger partial charge in [-0.25, -0.2) is 15.0 Å². The predicted molar refractivity (Wildman–Crippen MR) is 169 cm³/mol. The molecule has 42 heavy (non-hydrogen) atoms. The Bertz CT molecular complexity index is 999. The van der Waals surface area contributed by atoms with Gasteiger partial charge in [-0.1, -0.05) is 34.3 Å². The quantitative estimate of drug-likeness (QED) is 0.148. The van der Waals surface area contributed by atoms with E-state index < -0.39 is 5.60 Å². The Morgan fingerprint density at radius 2 is 1.67 bits per heavy atom. The van der Waals surface area contributed by atoms with Gasteiger partial charge in [-0.05, 0) is 79.1 Å². The highest BCUT2D eigenvalue weighted by atomic mass is 16.5. The number of hydrogen-bond donors (Lipinski definition) is 3. The summed E-state index contributed by atoms with van der Waals surface area (Å²) in [5, 5.41) is 11.0. The summed E-state index contributed by atoms with van der Waals surface area (Å²) in [6, 6.07) is 0. The Morgan fingerprint density at radius 3 is 2.19 bits per heavy atom. The second-order valence-electron chi connectivity index (χ2n) is 13.5. The fraction of sp³-hybridized carbons (Fsp3) is 0.788. The van der Waals surface area contributed by atoms with Gasteiger partial charge in [0.15, 0.2) is 0 Å². The number of carbonyl (C=O) groups is 1. The van der Waals surface area contributed by atoms with Gasteiger partial charge in [0.25, 0.3) is 0 Å². The van der Waals surface area contributed by atoms with E-state index in [1.165, 1.54) is 0 Å². The van der Waals surface area contributed by atoms with Crippen LogP contribution in [0.4, 0.5) is 0 Å². The van der Waals surface area contributed by atoms with Crippen LogP contribution in [0.2, 0.25) is 0 Å². The van der Waals surface area contributed by atoms with Gasteiger partial charge in [0, 0.05) is 49.3 Å². The molecule has 9 heteroatoms. The van der Waals surface area contributed by atoms with Crippen molar-refractivity contribution >= 4 is 11.5 Å². The molecule has 1 heterocycles. The Morgan fingerprint density at radius 1 is 1.05 bits per heavy atom. The highest BCUT2D eigenvalue weighted by molar-refractivity contribution is 5.88. The number of hydrogen-bond acceptors (Lipinski definition) is 9. The van der Waals surface area contributed by atoms with Crippen LogP contribution in [0.1, 0.15) is 118 Å². The van der Waals surface area contributed by atoms with E-state index in [1.807, 2.05) is 12.1 Å². The summed E-state index contributed by atoms with van der Waals surface area (Å²) in [4.78, 5) is 21.6. The second-order valence-corrected chi connectivity index (χ2v) is 13.5. The van der Waals surface area contributed by atoms with Gasteiger partial charge in [-0.15, -0.1) is 0 Å². The molecule has 1 saturated carbocycles. The molecule has 2 rings (SSSR count). The van der Waals surface area contributed by atoms with Crippen LogP contribution in [-0.4, -0.2) is 69.5 Å². The normalized spacial score (nSPS) is 18.3. The van der Waals surface area contributed by atoms with Crippen LogP contribution in [-0.2, 0) is 20.7 Å². The third-order valence-electron chi connectivity index (χ3n) is 9.00. The van der Waals surface area contributed by atoms with Crippen LogP contribution < -0.4 is 11.0 Å². The molecule has 1 aliphatic rings. The van der Waals surface area contributed by atoms with Crippen molar-refractivity contribution in [1.29, 1.82) is 0 Å². The summed E-state index contributed by atoms with van der Waals surface area (Å²) < 4.78 is 13.3. The Kier molecular flexibility index (Phi) is 13.6. The van der Waals surface area contributed by atoms with Gasteiger partial charge >= 0.3 is 0 Å². The van der Waals surface area contributed by atoms with E-state index in [9.17, 15) is 4.79 Å². The standard InChI is InChI=1S/C33H59N5O4/c1-11-31(7,29(40)26-14-15-26)24-30(5,6)42-33(9,13-3)18-21-41-32(8,12-2)17-19-38(10)37-36-25(4)27-22-34-28(16-20-39)35-23-27/h22-23,26,36-37,39H,4,11-21,24H2,1-3,5-10H3. The number of nitrogens with zero attached hydrogens (tertiary/aromatic N) is 3. The van der Waals surface area contributed by atoms with Crippen molar-refractivity contribution in [3.05, 3.63) is 30.4 Å². The lowest BCUT2D eigenvalue weighted by Crippen LogP contribution is -2.46. The van der Waals surface area contributed by atoms with Gasteiger partial charge in [-0.2, -0.15) is 5.53 Å². The number of rotatable bonds is 22. The summed E-state index contributed by atoms with van der Waals surface area (Å²) in [6.45, 7) is 22.6. The van der Waals surface area contributed by atoms with Crippen LogP contribution in [0.15, 0.2) is 19.0 Å². The van der Waals surface area contributed by atoms with Gasteiger partial charge in [0.2, 0.25) is 0 Å². The minimum atomic E-state index is -0.410. The molecular weight excluding hydrogens is 530 g/mol. The topological polar surface area (TPSA) is 109 Å². The van der Waals surface area contributed by atoms with Crippen LogP contribution in [0, 0.1) is 11.3 Å². The lowest BCUT2D eigenvalue weighted by atomic mass is 9.73. The number of carbonyl (C=O) groups excluding carboxylic acids is 1. The van der Waals surface area contributed by atoms with Crippen LogP contribution in [0.5, 0.6) is 0 Å². The third-order valence-corrected chi connectivity index (χ3v) is 9.00. The third kappa shape index (κ3) is 11.3. The largest absolute Gasteiger partial charge is 0.396 e. The molecule has 1 aromatic heterocycles. The van der Waals surface area contributed by atoms with Crippen molar-refractivity contribution < 1.29 is 19.4 Å². The van der Waals surface area contributed by atoms with Gasteiger partial charge in [0.05, 0.1) is 35.7 Å². The van der Waals surface area contributed by atoms with Gasteiger partial charge < -0.3 is 20.0 Å². The highest BCUT2D eigenvalue weighted by Gasteiger charge is 2.45. The predicted octanol–water partition coefficient (Wildman–Crippen LogP) is 5.64. The molecule has 1 aromatic rings. The molecule has 3 N–H and O–H groups in total. The number of ketones is 1. The first kappa shape index (κ1) is 36.3. The van der Waals surface area contributed by atoms with E-state index in [4.69, 9.17) is 14.6 Å². The molecule has 240 valence electrons. The number of aliphatic hydroxyl groups excluding tert-OH is 1. The molecule has 1 aliphatic carbocycles. The van der Waals surface area contributed by atoms with Gasteiger partial charge in [0.1, 0.15) is 11.6 Å². The van der Waals surface area contributed by atoms with E-state index in [2.05, 4.69) is 82.9 Å². The summed E-state index contributed by atoms with van der Waals surface area (Å²) in [5.74, 6) is 1.28. The zero-order valence-corrected chi connectivity index (χ0v) is 27.9. The van der Waals surface area contributed by atoms with Crippen molar-refractivity contribution in [2.45, 2.75) is 130 Å². The molecule has 0 spiro atoms. The molecule has 0 bridgehead atoms. The monoisotopic (exact) mass is 589 g/mol. The summed E-state index contributed by atoms with van der Waals surface area (Å²) in [6.07, 6.45) is 10.9. The fourth-order valence-corrected chi connectivity index (χ4v) is 5.47. The van der Waals surface area contributed by atoms with E-state index in [0.717, 1.165) is 63.5 Å². The first-order chi connectivity index (χ1) is 19.6. The van der Waals surface area contributed by atoms with Gasteiger partial charge in [-0.3, -0.25) is 4.79 Å². The minimum Gasteiger partial charge on any atom is -0.396 e. The second kappa shape index (κ2) is 15.7. The number of ether oxygens (including phenoxy) is 2. The SMILES string of the molecule is C=C(NNN(C)CCC(C)(CC)OCCC(C)(CC)OC(C)(C)CC(C)(CC)C(=O)C1CC1)c1cnc(CCO)nc1. The molecule has 3 unspecified atom stereocenters. The Hall–Kier alpha value is -1.91. The Labute approximate surface area is 255 Å². The molecule has 0 radical (unpaired) electrons. The van der Waals surface area contributed by atoms with E-state index in [-0.39, 0.29) is 29.1 Å². The lowest BCUT2D eigenvalue weighted by molar-refractivity contribution is -0.169. The smallest absolute Gasteiger partial charge is 0.141 e. The molecule has 0 saturated heterocycles. The highest BCUT2D eigenvalue weighted by Crippen LogP contribution is 2.44. The minimum absolute atomic E-state index is 0.0250. The van der Waals surface area contributed by atoms with Crippen LogP contribution in [0.3, 0.4) is 0 Å². The van der Waals surface area contributed by atoms with Crippen molar-refractivity contribution in [2.75, 3.05) is 26.8 Å². The number of Topliss-reactive ketones (excluding diaryl/α,β-unsaturated/α-hetero) is 1. The first-order valence-corrected chi connectivity index (χ1v) is 15.9. The summed E-state index contributed by atoms with van der Waals surface area (Å²) in [5.41, 5.74) is 6.35. The Balaban J connectivity index is 1.83. The zero-order chi connectivity index (χ0) is 31.6. The molecule has 0 aliphatic heterocycles. The molecular formula is C33H59N5O4. The zero-order valence-electron chi connectivity index (χ0n) is 27.9. The number of nitrogens with one attached hydrogen (secondary N) is 2. The molecule has 0 amide bonds. The van der Waals surface area contributed by atoms with Crippen molar-refractivity contribution in [3.8, 4) is 0 Å². The molecule has 3 atom stereocenters. The van der Waals surface area contributed by atoms with E-state index >= 15 is 0 Å². The molecule has 9 nitrogen and oxygen atoms in total. The lowest BCUT2D eigenvalue weighted by Gasteiger charge is -2.43.